The first-order valence-corrected chi connectivity index (χ1v) is 12.6. The van der Waals surface area contributed by atoms with Crippen LogP contribution in [0.2, 0.25) is 5.02 Å². The van der Waals surface area contributed by atoms with Crippen LogP contribution in [0.25, 0.3) is 10.9 Å². The third kappa shape index (κ3) is 5.49. The Bertz CT molecular complexity index is 1500. The largest absolute Gasteiger partial charge is 0.486 e. The molecule has 0 fully saturated rings. The van der Waals surface area contributed by atoms with Crippen molar-refractivity contribution in [3.8, 4) is 11.5 Å². The normalized spacial score (nSPS) is 13.0. The smallest absolute Gasteiger partial charge is 0.254 e. The number of hydrogen-bond acceptors (Lipinski definition) is 4. The monoisotopic (exact) mass is 516 g/mol. The highest BCUT2D eigenvalue weighted by atomic mass is 35.5. The van der Waals surface area contributed by atoms with Crippen LogP contribution in [0.4, 0.5) is 0 Å². The molecule has 1 aliphatic heterocycles. The Labute approximate surface area is 220 Å². The van der Waals surface area contributed by atoms with Gasteiger partial charge in [-0.15, -0.1) is 0 Å². The average molecular weight is 517 g/mol. The van der Waals surface area contributed by atoms with Gasteiger partial charge in [-0.1, -0.05) is 56.6 Å². The average Bonchev–Trinajstić information content (AvgIpc) is 2.88. The molecule has 5 rings (SSSR count). The van der Waals surface area contributed by atoms with Gasteiger partial charge in [-0.25, -0.2) is 0 Å². The second kappa shape index (κ2) is 9.94. The van der Waals surface area contributed by atoms with Crippen LogP contribution < -0.4 is 15.0 Å². The van der Waals surface area contributed by atoms with Gasteiger partial charge in [0.25, 0.3) is 11.5 Å². The van der Waals surface area contributed by atoms with Gasteiger partial charge < -0.3 is 19.4 Å². The topological polar surface area (TPSA) is 71.6 Å². The second-order valence-electron chi connectivity index (χ2n) is 10.3. The summed E-state index contributed by atoms with van der Waals surface area (Å²) < 4.78 is 11.3. The summed E-state index contributed by atoms with van der Waals surface area (Å²) in [6.45, 7) is 7.83. The molecule has 7 heteroatoms. The number of amides is 1. The first-order valence-electron chi connectivity index (χ1n) is 12.3. The van der Waals surface area contributed by atoms with Crippen LogP contribution in [0, 0.1) is 0 Å². The van der Waals surface area contributed by atoms with E-state index >= 15 is 0 Å². The highest BCUT2D eigenvalue weighted by Crippen LogP contribution is 2.34. The summed E-state index contributed by atoms with van der Waals surface area (Å²) in [5, 5.41) is 1.44. The molecule has 37 heavy (non-hydrogen) atoms. The SMILES string of the molecule is CC(C)(C)c1ccc(C(=O)N(Cc2ccc(Cl)cc2)Cc2cc3cc4c(cc3[nH]c2=O)OCCO4)cc1. The van der Waals surface area contributed by atoms with Crippen LogP contribution in [0.1, 0.15) is 47.8 Å². The van der Waals surface area contributed by atoms with Crippen molar-refractivity contribution in [3.05, 3.63) is 104 Å². The summed E-state index contributed by atoms with van der Waals surface area (Å²) in [6, 6.07) is 20.5. The van der Waals surface area contributed by atoms with E-state index in [1.165, 1.54) is 0 Å². The molecule has 0 radical (unpaired) electrons. The van der Waals surface area contributed by atoms with E-state index < -0.39 is 0 Å². The Kier molecular flexibility index (Phi) is 6.69. The van der Waals surface area contributed by atoms with Gasteiger partial charge in [-0.2, -0.15) is 0 Å². The maximum absolute atomic E-state index is 13.7. The molecular formula is C30H29ClN2O4. The quantitative estimate of drug-likeness (QED) is 0.348. The molecule has 1 aromatic heterocycles. The van der Waals surface area contributed by atoms with Gasteiger partial charge >= 0.3 is 0 Å². The lowest BCUT2D eigenvalue weighted by Crippen LogP contribution is -2.32. The number of benzene rings is 3. The van der Waals surface area contributed by atoms with Gasteiger partial charge in [0, 0.05) is 34.1 Å². The molecule has 0 saturated heterocycles. The second-order valence-corrected chi connectivity index (χ2v) is 10.8. The predicted molar refractivity (Wildman–Crippen MR) is 146 cm³/mol. The Morgan fingerprint density at radius 2 is 1.57 bits per heavy atom. The number of hydrogen-bond donors (Lipinski definition) is 1. The standard InChI is InChI=1S/C30H29ClN2O4/c1-30(2,3)23-8-6-20(7-9-23)29(35)33(17-19-4-10-24(31)11-5-19)18-22-14-21-15-26-27(37-13-12-36-26)16-25(21)32-28(22)34/h4-11,14-16H,12-13,17-18H2,1-3H3,(H,32,34). The number of nitrogens with one attached hydrogen (secondary N) is 1. The molecule has 0 spiro atoms. The van der Waals surface area contributed by atoms with Crippen LogP contribution in [-0.4, -0.2) is 29.0 Å². The lowest BCUT2D eigenvalue weighted by molar-refractivity contribution is 0.0729. The molecule has 190 valence electrons. The molecule has 1 amide bonds. The van der Waals surface area contributed by atoms with Crippen molar-refractivity contribution in [2.45, 2.75) is 39.3 Å². The van der Waals surface area contributed by atoms with Gasteiger partial charge in [0.2, 0.25) is 0 Å². The number of carbonyl (C=O) groups is 1. The van der Waals surface area contributed by atoms with Crippen LogP contribution in [0.15, 0.2) is 71.5 Å². The van der Waals surface area contributed by atoms with E-state index in [1.54, 1.807) is 23.1 Å². The molecule has 0 atom stereocenters. The van der Waals surface area contributed by atoms with Crippen LogP contribution >= 0.6 is 11.6 Å². The minimum absolute atomic E-state index is 0.0170. The number of rotatable bonds is 5. The Hall–Kier alpha value is -3.77. The number of aromatic amines is 1. The molecule has 0 bridgehead atoms. The first-order chi connectivity index (χ1) is 17.7. The van der Waals surface area contributed by atoms with Gasteiger partial charge in [0.15, 0.2) is 11.5 Å². The van der Waals surface area contributed by atoms with Crippen LogP contribution in [0.5, 0.6) is 11.5 Å². The maximum atomic E-state index is 13.7. The van der Waals surface area contributed by atoms with E-state index in [0.29, 0.717) is 52.9 Å². The number of H-pyrrole nitrogens is 1. The summed E-state index contributed by atoms with van der Waals surface area (Å²) in [7, 11) is 0. The van der Waals surface area contributed by atoms with Crippen molar-refractivity contribution in [1.82, 2.24) is 9.88 Å². The highest BCUT2D eigenvalue weighted by molar-refractivity contribution is 6.30. The number of fused-ring (bicyclic) bond motifs is 2. The summed E-state index contributed by atoms with van der Waals surface area (Å²) in [6.07, 6.45) is 0. The molecule has 2 heterocycles. The summed E-state index contributed by atoms with van der Waals surface area (Å²) in [4.78, 5) is 31.4. The Morgan fingerprint density at radius 1 is 0.919 bits per heavy atom. The van der Waals surface area contributed by atoms with Gasteiger partial charge in [0.1, 0.15) is 13.2 Å². The van der Waals surface area contributed by atoms with Crippen LogP contribution in [0.3, 0.4) is 0 Å². The zero-order valence-electron chi connectivity index (χ0n) is 21.1. The van der Waals surface area contributed by atoms with Crippen molar-refractivity contribution >= 4 is 28.4 Å². The van der Waals surface area contributed by atoms with E-state index in [9.17, 15) is 9.59 Å². The van der Waals surface area contributed by atoms with E-state index in [2.05, 4.69) is 25.8 Å². The minimum atomic E-state index is -0.249. The number of halogens is 1. The molecule has 0 unspecified atom stereocenters. The lowest BCUT2D eigenvalue weighted by atomic mass is 9.86. The minimum Gasteiger partial charge on any atom is -0.486 e. The zero-order chi connectivity index (χ0) is 26.2. The van der Waals surface area contributed by atoms with Gasteiger partial charge in [0.05, 0.1) is 12.1 Å². The fourth-order valence-electron chi connectivity index (χ4n) is 4.42. The Morgan fingerprint density at radius 3 is 2.22 bits per heavy atom. The molecule has 4 aromatic rings. The van der Waals surface area contributed by atoms with E-state index in [0.717, 1.165) is 16.5 Å². The van der Waals surface area contributed by atoms with E-state index in [1.807, 2.05) is 48.5 Å². The van der Waals surface area contributed by atoms with Crippen molar-refractivity contribution < 1.29 is 14.3 Å². The summed E-state index contributed by atoms with van der Waals surface area (Å²) >= 11 is 6.07. The Balaban J connectivity index is 1.49. The first kappa shape index (κ1) is 24.9. The van der Waals surface area contributed by atoms with Gasteiger partial charge in [-0.05, 0) is 52.9 Å². The highest BCUT2D eigenvalue weighted by Gasteiger charge is 2.21. The predicted octanol–water partition coefficient (Wildman–Crippen LogP) is 6.09. The van der Waals surface area contributed by atoms with E-state index in [-0.39, 0.29) is 23.4 Å². The molecule has 1 aliphatic rings. The third-order valence-corrected chi connectivity index (χ3v) is 6.77. The molecule has 3 aromatic carbocycles. The molecule has 1 N–H and O–H groups in total. The fraction of sp³-hybridized carbons (Fsp3) is 0.267. The molecule has 0 saturated carbocycles. The summed E-state index contributed by atoms with van der Waals surface area (Å²) in [5.41, 5.74) is 3.51. The molecular weight excluding hydrogens is 488 g/mol. The van der Waals surface area contributed by atoms with Crippen molar-refractivity contribution in [1.29, 1.82) is 0 Å². The maximum Gasteiger partial charge on any atom is 0.254 e. The summed E-state index contributed by atoms with van der Waals surface area (Å²) in [5.74, 6) is 1.10. The molecule has 0 aliphatic carbocycles. The van der Waals surface area contributed by atoms with Crippen molar-refractivity contribution in [2.75, 3.05) is 13.2 Å². The zero-order valence-corrected chi connectivity index (χ0v) is 21.9. The van der Waals surface area contributed by atoms with E-state index in [4.69, 9.17) is 21.1 Å². The third-order valence-electron chi connectivity index (χ3n) is 6.52. The number of aromatic nitrogens is 1. The number of carbonyl (C=O) groups excluding carboxylic acids is 1. The van der Waals surface area contributed by atoms with Gasteiger partial charge in [-0.3, -0.25) is 9.59 Å². The molecule has 6 nitrogen and oxygen atoms in total. The van der Waals surface area contributed by atoms with Crippen molar-refractivity contribution in [3.63, 3.8) is 0 Å². The fourth-order valence-corrected chi connectivity index (χ4v) is 4.54. The number of pyridine rings is 1. The number of nitrogens with zero attached hydrogens (tertiary/aromatic N) is 1. The number of ether oxygens (including phenoxy) is 2. The lowest BCUT2D eigenvalue weighted by Gasteiger charge is -2.24. The van der Waals surface area contributed by atoms with Crippen molar-refractivity contribution in [2.24, 2.45) is 0 Å². The van der Waals surface area contributed by atoms with Crippen LogP contribution in [-0.2, 0) is 18.5 Å².